The van der Waals surface area contributed by atoms with Crippen LogP contribution in [-0.4, -0.2) is 46.6 Å². The molecule has 7 rings (SSSR count). The van der Waals surface area contributed by atoms with Gasteiger partial charge in [-0.3, -0.25) is 4.79 Å². The predicted octanol–water partition coefficient (Wildman–Crippen LogP) is 8.25. The van der Waals surface area contributed by atoms with Gasteiger partial charge in [-0.25, -0.2) is 9.78 Å². The molecule has 1 saturated heterocycles. The van der Waals surface area contributed by atoms with Gasteiger partial charge in [0.2, 0.25) is 5.91 Å². The highest BCUT2D eigenvalue weighted by atomic mass is 16.5. The van der Waals surface area contributed by atoms with Crippen LogP contribution in [0.1, 0.15) is 49.7 Å². The number of allylic oxidation sites excluding steroid dienone is 1. The standard InChI is InChI=1S/C39H39N5O3/c1-24(2)35(43-39(46)47-3)38(45)44-20-8-13-34(44)37-40-23-33(42-37)29-17-15-26-21-28(16-14-27(26)22-29)32-19-18-25-9-7-12-31(25)36(32)41-30-10-5-4-6-11-30/h4-7,9-11,14-19,21-24,34-35,41H,8,12-13,20H2,1-3H3,(H,40,42)(H,43,46)/t34-,35-/m0/s1. The Labute approximate surface area is 274 Å². The van der Waals surface area contributed by atoms with Crippen LogP contribution < -0.4 is 10.6 Å². The molecule has 1 aliphatic carbocycles. The third-order valence-corrected chi connectivity index (χ3v) is 9.31. The summed E-state index contributed by atoms with van der Waals surface area (Å²) in [6.07, 6.45) is 8.25. The molecule has 3 N–H and O–H groups in total. The zero-order valence-electron chi connectivity index (χ0n) is 26.9. The molecule has 1 aliphatic heterocycles. The number of carbonyl (C=O) groups is 2. The van der Waals surface area contributed by atoms with Crippen LogP contribution in [0.4, 0.5) is 16.2 Å². The molecule has 2 aliphatic rings. The van der Waals surface area contributed by atoms with E-state index in [0.717, 1.165) is 64.1 Å². The molecule has 47 heavy (non-hydrogen) atoms. The average Bonchev–Trinajstić information content (AvgIpc) is 3.88. The zero-order valence-corrected chi connectivity index (χ0v) is 26.9. The first-order chi connectivity index (χ1) is 22.9. The molecule has 2 heterocycles. The molecule has 0 bridgehead atoms. The molecule has 8 nitrogen and oxygen atoms in total. The van der Waals surface area contributed by atoms with Crippen LogP contribution in [0.15, 0.2) is 91.1 Å². The number of para-hydroxylation sites is 1. The largest absolute Gasteiger partial charge is 0.453 e. The second kappa shape index (κ2) is 12.8. The first-order valence-corrected chi connectivity index (χ1v) is 16.3. The lowest BCUT2D eigenvalue weighted by atomic mass is 9.94. The summed E-state index contributed by atoms with van der Waals surface area (Å²) < 4.78 is 4.77. The van der Waals surface area contributed by atoms with Gasteiger partial charge in [0.05, 0.1) is 30.7 Å². The van der Waals surface area contributed by atoms with E-state index in [1.807, 2.05) is 31.0 Å². The Morgan fingerprint density at radius 1 is 0.979 bits per heavy atom. The maximum absolute atomic E-state index is 13.6. The number of nitrogens with zero attached hydrogens (tertiary/aromatic N) is 2. The van der Waals surface area contributed by atoms with E-state index >= 15 is 0 Å². The van der Waals surface area contributed by atoms with E-state index in [0.29, 0.717) is 6.54 Å². The monoisotopic (exact) mass is 625 g/mol. The topological polar surface area (TPSA) is 99.3 Å². The highest BCUT2D eigenvalue weighted by Gasteiger charge is 2.37. The summed E-state index contributed by atoms with van der Waals surface area (Å²) in [5, 5.41) is 8.71. The molecule has 1 fully saturated rings. The highest BCUT2D eigenvalue weighted by molar-refractivity contribution is 5.94. The van der Waals surface area contributed by atoms with Gasteiger partial charge < -0.3 is 25.3 Å². The van der Waals surface area contributed by atoms with Gasteiger partial charge in [-0.2, -0.15) is 0 Å². The molecular weight excluding hydrogens is 586 g/mol. The molecule has 0 unspecified atom stereocenters. The van der Waals surface area contributed by atoms with E-state index in [2.05, 4.69) is 101 Å². The van der Waals surface area contributed by atoms with Crippen molar-refractivity contribution in [3.63, 3.8) is 0 Å². The number of hydrogen-bond donors (Lipinski definition) is 3. The molecular formula is C39H39N5O3. The number of aromatic amines is 1. The molecule has 8 heteroatoms. The number of rotatable bonds is 8. The van der Waals surface area contributed by atoms with Gasteiger partial charge in [-0.15, -0.1) is 0 Å². The molecule has 0 radical (unpaired) electrons. The lowest BCUT2D eigenvalue weighted by Gasteiger charge is -2.30. The fraction of sp³-hybridized carbons (Fsp3) is 0.256. The van der Waals surface area contributed by atoms with E-state index < -0.39 is 12.1 Å². The second-order valence-electron chi connectivity index (χ2n) is 12.7. The summed E-state index contributed by atoms with van der Waals surface area (Å²) in [5.74, 6) is 0.556. The maximum Gasteiger partial charge on any atom is 0.407 e. The van der Waals surface area contributed by atoms with Gasteiger partial charge in [0.1, 0.15) is 11.9 Å². The smallest absolute Gasteiger partial charge is 0.407 e. The van der Waals surface area contributed by atoms with Crippen LogP contribution in [0.5, 0.6) is 0 Å². The van der Waals surface area contributed by atoms with E-state index in [9.17, 15) is 9.59 Å². The van der Waals surface area contributed by atoms with E-state index in [1.165, 1.54) is 23.8 Å². The molecule has 238 valence electrons. The number of benzene rings is 4. The van der Waals surface area contributed by atoms with Crippen molar-refractivity contribution in [2.24, 2.45) is 5.92 Å². The van der Waals surface area contributed by atoms with Crippen LogP contribution in [-0.2, 0) is 16.0 Å². The number of methoxy groups -OCH3 is 1. The number of nitrogens with one attached hydrogen (secondary N) is 3. The van der Waals surface area contributed by atoms with Crippen molar-refractivity contribution in [3.8, 4) is 22.4 Å². The van der Waals surface area contributed by atoms with Crippen LogP contribution >= 0.6 is 0 Å². The minimum absolute atomic E-state index is 0.0838. The number of anilines is 2. The van der Waals surface area contributed by atoms with Crippen molar-refractivity contribution >= 4 is 40.2 Å². The third-order valence-electron chi connectivity index (χ3n) is 9.31. The molecule has 5 aromatic rings. The first kappa shape index (κ1) is 30.3. The predicted molar refractivity (Wildman–Crippen MR) is 187 cm³/mol. The van der Waals surface area contributed by atoms with Gasteiger partial charge in [0.15, 0.2) is 0 Å². The fourth-order valence-corrected chi connectivity index (χ4v) is 6.82. The summed E-state index contributed by atoms with van der Waals surface area (Å²) in [5.41, 5.74) is 9.08. The van der Waals surface area contributed by atoms with Gasteiger partial charge >= 0.3 is 6.09 Å². The number of fused-ring (bicyclic) bond motifs is 2. The average molecular weight is 626 g/mol. The van der Waals surface area contributed by atoms with Crippen LogP contribution in [0.2, 0.25) is 0 Å². The number of hydrogen-bond acceptors (Lipinski definition) is 5. The minimum Gasteiger partial charge on any atom is -0.453 e. The summed E-state index contributed by atoms with van der Waals surface area (Å²) >= 11 is 0. The van der Waals surface area contributed by atoms with Gasteiger partial charge in [0.25, 0.3) is 0 Å². The Balaban J connectivity index is 1.14. The van der Waals surface area contributed by atoms with Gasteiger partial charge in [0, 0.05) is 23.4 Å². The maximum atomic E-state index is 13.6. The lowest BCUT2D eigenvalue weighted by molar-refractivity contribution is -0.135. The van der Waals surface area contributed by atoms with Crippen molar-refractivity contribution in [2.45, 2.75) is 45.2 Å². The molecule has 2 atom stereocenters. The molecule has 4 aromatic carbocycles. The number of amides is 2. The number of aromatic nitrogens is 2. The molecule has 2 amide bonds. The van der Waals surface area contributed by atoms with E-state index in [1.54, 1.807) is 0 Å². The van der Waals surface area contributed by atoms with Gasteiger partial charge in [-0.1, -0.05) is 80.6 Å². The Hall–Kier alpha value is -5.37. The van der Waals surface area contributed by atoms with E-state index in [-0.39, 0.29) is 17.9 Å². The van der Waals surface area contributed by atoms with Crippen LogP contribution in [0.3, 0.4) is 0 Å². The summed E-state index contributed by atoms with van der Waals surface area (Å²) in [6, 6.07) is 27.0. The van der Waals surface area contributed by atoms with Crippen molar-refractivity contribution in [3.05, 3.63) is 108 Å². The SMILES string of the molecule is COC(=O)N[C@H](C(=O)N1CCC[C@H]1c1ncc(-c2ccc3cc(-c4ccc5c(c4Nc4ccccc4)CC=C5)ccc3c2)[nH]1)C(C)C. The number of H-pyrrole nitrogens is 1. The molecule has 0 saturated carbocycles. The summed E-state index contributed by atoms with van der Waals surface area (Å²) in [6.45, 7) is 4.45. The summed E-state index contributed by atoms with van der Waals surface area (Å²) in [7, 11) is 1.30. The Kier molecular flexibility index (Phi) is 8.24. The number of likely N-dealkylation sites (tertiary alicyclic amines) is 1. The summed E-state index contributed by atoms with van der Waals surface area (Å²) in [4.78, 5) is 35.5. The molecule has 0 spiro atoms. The Morgan fingerprint density at radius 2 is 1.74 bits per heavy atom. The second-order valence-corrected chi connectivity index (χ2v) is 12.7. The van der Waals surface area contributed by atoms with Crippen molar-refractivity contribution < 1.29 is 14.3 Å². The normalized spacial score (nSPS) is 16.0. The van der Waals surface area contributed by atoms with Crippen LogP contribution in [0, 0.1) is 5.92 Å². The third kappa shape index (κ3) is 5.99. The quantitative estimate of drug-likeness (QED) is 0.161. The molecule has 1 aromatic heterocycles. The Morgan fingerprint density at radius 3 is 2.51 bits per heavy atom. The van der Waals surface area contributed by atoms with Crippen LogP contribution in [0.25, 0.3) is 39.2 Å². The highest BCUT2D eigenvalue weighted by Crippen LogP contribution is 2.40. The first-order valence-electron chi connectivity index (χ1n) is 16.3. The zero-order chi connectivity index (χ0) is 32.5. The van der Waals surface area contributed by atoms with E-state index in [4.69, 9.17) is 9.72 Å². The van der Waals surface area contributed by atoms with Crippen molar-refractivity contribution in [1.82, 2.24) is 20.2 Å². The number of ether oxygens (including phenoxy) is 1. The Bertz CT molecular complexity index is 1980. The number of alkyl carbamates (subject to hydrolysis) is 1. The fourth-order valence-electron chi connectivity index (χ4n) is 6.82. The van der Waals surface area contributed by atoms with Gasteiger partial charge in [-0.05, 0) is 76.9 Å². The van der Waals surface area contributed by atoms with Crippen molar-refractivity contribution in [2.75, 3.05) is 19.0 Å². The lowest BCUT2D eigenvalue weighted by Crippen LogP contribution is -2.51. The minimum atomic E-state index is -0.665. The van der Waals surface area contributed by atoms with Crippen molar-refractivity contribution in [1.29, 1.82) is 0 Å². The number of carbonyl (C=O) groups excluding carboxylic acids is 2. The number of imidazole rings is 1.